The van der Waals surface area contributed by atoms with E-state index in [1.54, 1.807) is 24.4 Å². The highest BCUT2D eigenvalue weighted by Gasteiger charge is 2.06. The Kier molecular flexibility index (Phi) is 4.04. The quantitative estimate of drug-likeness (QED) is 0.947. The highest BCUT2D eigenvalue weighted by atomic mass is 79.9. The molecule has 92 valence electrons. The molecule has 1 amide bonds. The zero-order valence-corrected chi connectivity index (χ0v) is 10.9. The van der Waals surface area contributed by atoms with Gasteiger partial charge in [0.15, 0.2) is 0 Å². The maximum absolute atomic E-state index is 12.9. The molecule has 3 nitrogen and oxygen atoms in total. The van der Waals surface area contributed by atoms with Crippen molar-refractivity contribution in [3.05, 3.63) is 64.1 Å². The average Bonchev–Trinajstić information content (AvgIpc) is 2.36. The van der Waals surface area contributed by atoms with Gasteiger partial charge < -0.3 is 5.32 Å². The van der Waals surface area contributed by atoms with Gasteiger partial charge in [-0.2, -0.15) is 0 Å². The third-order valence-corrected chi connectivity index (χ3v) is 2.74. The number of benzene rings is 1. The van der Waals surface area contributed by atoms with E-state index in [1.807, 2.05) is 0 Å². The molecule has 2 rings (SSSR count). The molecule has 18 heavy (non-hydrogen) atoms. The van der Waals surface area contributed by atoms with Crippen LogP contribution in [0.5, 0.6) is 0 Å². The minimum atomic E-state index is -0.314. The van der Waals surface area contributed by atoms with Gasteiger partial charge in [0.2, 0.25) is 0 Å². The fraction of sp³-hybridized carbons (Fsp3) is 0.0769. The van der Waals surface area contributed by atoms with Crippen molar-refractivity contribution >= 4 is 21.8 Å². The van der Waals surface area contributed by atoms with E-state index < -0.39 is 0 Å². The van der Waals surface area contributed by atoms with Gasteiger partial charge in [-0.1, -0.05) is 12.1 Å². The maximum Gasteiger partial charge on any atom is 0.253 e. The van der Waals surface area contributed by atoms with E-state index in [0.717, 1.165) is 4.47 Å². The van der Waals surface area contributed by atoms with Crippen LogP contribution in [0.4, 0.5) is 4.39 Å². The molecular formula is C13H10BrFN2O. The van der Waals surface area contributed by atoms with Crippen LogP contribution in [0.2, 0.25) is 0 Å². The summed E-state index contributed by atoms with van der Waals surface area (Å²) in [4.78, 5) is 15.7. The van der Waals surface area contributed by atoms with Crippen LogP contribution in [-0.4, -0.2) is 10.9 Å². The van der Waals surface area contributed by atoms with E-state index in [9.17, 15) is 9.18 Å². The predicted molar refractivity (Wildman–Crippen MR) is 69.5 cm³/mol. The third-order valence-electron chi connectivity index (χ3n) is 2.31. The Morgan fingerprint density at radius 3 is 2.89 bits per heavy atom. The second kappa shape index (κ2) is 5.73. The Hall–Kier alpha value is -1.75. The lowest BCUT2D eigenvalue weighted by molar-refractivity contribution is 0.0950. The minimum absolute atomic E-state index is 0.243. The standard InChI is InChI=1S/C13H10BrFN2O/c14-11-5-10(7-16-8-11)13(18)17-6-9-2-1-3-12(15)4-9/h1-5,7-8H,6H2,(H,17,18). The number of carbonyl (C=O) groups is 1. The number of nitrogens with zero attached hydrogens (tertiary/aromatic N) is 1. The lowest BCUT2D eigenvalue weighted by atomic mass is 10.2. The van der Waals surface area contributed by atoms with Crippen molar-refractivity contribution in [3.8, 4) is 0 Å². The van der Waals surface area contributed by atoms with Crippen molar-refractivity contribution in [2.75, 3.05) is 0 Å². The van der Waals surface area contributed by atoms with Gasteiger partial charge in [0.25, 0.3) is 5.91 Å². The third kappa shape index (κ3) is 3.37. The Morgan fingerprint density at radius 2 is 2.17 bits per heavy atom. The summed E-state index contributed by atoms with van der Waals surface area (Å²) in [5, 5.41) is 2.70. The molecular weight excluding hydrogens is 299 g/mol. The number of aromatic nitrogens is 1. The Bertz CT molecular complexity index is 574. The molecule has 0 aliphatic carbocycles. The molecule has 5 heteroatoms. The first kappa shape index (κ1) is 12.7. The molecule has 1 aromatic carbocycles. The van der Waals surface area contributed by atoms with Crippen LogP contribution in [-0.2, 0) is 6.54 Å². The molecule has 0 aliphatic heterocycles. The average molecular weight is 309 g/mol. The molecule has 1 aromatic heterocycles. The number of nitrogens with one attached hydrogen (secondary N) is 1. The van der Waals surface area contributed by atoms with E-state index in [0.29, 0.717) is 11.1 Å². The molecule has 0 spiro atoms. The molecule has 2 aromatic rings. The summed E-state index contributed by atoms with van der Waals surface area (Å²) in [5.74, 6) is -0.557. The van der Waals surface area contributed by atoms with Crippen molar-refractivity contribution in [2.45, 2.75) is 6.54 Å². The van der Waals surface area contributed by atoms with Gasteiger partial charge in [0.05, 0.1) is 5.56 Å². The Morgan fingerprint density at radius 1 is 1.33 bits per heavy atom. The zero-order chi connectivity index (χ0) is 13.0. The first-order valence-electron chi connectivity index (χ1n) is 5.28. The number of rotatable bonds is 3. The largest absolute Gasteiger partial charge is 0.348 e. The van der Waals surface area contributed by atoms with Crippen molar-refractivity contribution in [3.63, 3.8) is 0 Å². The van der Waals surface area contributed by atoms with Crippen LogP contribution >= 0.6 is 15.9 Å². The summed E-state index contributed by atoms with van der Waals surface area (Å²) in [7, 11) is 0. The van der Waals surface area contributed by atoms with Crippen molar-refractivity contribution in [1.82, 2.24) is 10.3 Å². The first-order valence-corrected chi connectivity index (χ1v) is 6.07. The molecule has 0 fully saturated rings. The predicted octanol–water partition coefficient (Wildman–Crippen LogP) is 2.91. The van der Waals surface area contributed by atoms with Crippen LogP contribution in [0.15, 0.2) is 47.2 Å². The number of carbonyl (C=O) groups excluding carboxylic acids is 1. The molecule has 0 atom stereocenters. The van der Waals surface area contributed by atoms with E-state index in [2.05, 4.69) is 26.2 Å². The number of pyridine rings is 1. The van der Waals surface area contributed by atoms with Crippen molar-refractivity contribution in [2.24, 2.45) is 0 Å². The number of amides is 1. The molecule has 0 bridgehead atoms. The Balaban J connectivity index is 2.00. The highest BCUT2D eigenvalue weighted by Crippen LogP contribution is 2.10. The van der Waals surface area contributed by atoms with E-state index in [-0.39, 0.29) is 18.3 Å². The van der Waals surface area contributed by atoms with E-state index in [1.165, 1.54) is 18.3 Å². The number of halogens is 2. The van der Waals surface area contributed by atoms with E-state index in [4.69, 9.17) is 0 Å². The van der Waals surface area contributed by atoms with Gasteiger partial charge in [-0.15, -0.1) is 0 Å². The second-order valence-electron chi connectivity index (χ2n) is 3.70. The summed E-state index contributed by atoms with van der Waals surface area (Å²) in [6, 6.07) is 7.79. The summed E-state index contributed by atoms with van der Waals surface area (Å²) >= 11 is 3.24. The number of hydrogen-bond donors (Lipinski definition) is 1. The summed E-state index contributed by atoms with van der Waals surface area (Å²) in [5.41, 5.74) is 1.17. The van der Waals surface area contributed by atoms with Crippen molar-refractivity contribution in [1.29, 1.82) is 0 Å². The molecule has 0 unspecified atom stereocenters. The SMILES string of the molecule is O=C(NCc1cccc(F)c1)c1cncc(Br)c1. The monoisotopic (exact) mass is 308 g/mol. The number of hydrogen-bond acceptors (Lipinski definition) is 2. The molecule has 0 saturated heterocycles. The van der Waals surface area contributed by atoms with Gasteiger partial charge in [-0.3, -0.25) is 9.78 Å². The summed E-state index contributed by atoms with van der Waals surface area (Å²) < 4.78 is 13.7. The lowest BCUT2D eigenvalue weighted by Gasteiger charge is -2.05. The fourth-order valence-corrected chi connectivity index (χ4v) is 1.83. The normalized spacial score (nSPS) is 10.1. The molecule has 0 saturated carbocycles. The first-order chi connectivity index (χ1) is 8.65. The highest BCUT2D eigenvalue weighted by molar-refractivity contribution is 9.10. The molecule has 0 aliphatic rings. The fourth-order valence-electron chi connectivity index (χ4n) is 1.47. The van der Waals surface area contributed by atoms with Gasteiger partial charge in [0, 0.05) is 23.4 Å². The van der Waals surface area contributed by atoms with E-state index >= 15 is 0 Å². The second-order valence-corrected chi connectivity index (χ2v) is 4.62. The van der Waals surface area contributed by atoms with Crippen LogP contribution < -0.4 is 5.32 Å². The minimum Gasteiger partial charge on any atom is -0.348 e. The molecule has 1 heterocycles. The smallest absolute Gasteiger partial charge is 0.253 e. The van der Waals surface area contributed by atoms with Crippen molar-refractivity contribution < 1.29 is 9.18 Å². The van der Waals surface area contributed by atoms with Crippen LogP contribution in [0.25, 0.3) is 0 Å². The van der Waals surface area contributed by atoms with Gasteiger partial charge >= 0.3 is 0 Å². The Labute approximate surface area is 112 Å². The molecule has 1 N–H and O–H groups in total. The van der Waals surface area contributed by atoms with Crippen LogP contribution in [0.3, 0.4) is 0 Å². The topological polar surface area (TPSA) is 42.0 Å². The zero-order valence-electron chi connectivity index (χ0n) is 9.36. The van der Waals surface area contributed by atoms with Gasteiger partial charge in [-0.05, 0) is 39.7 Å². The summed E-state index contributed by atoms with van der Waals surface area (Å²) in [6.45, 7) is 0.281. The van der Waals surface area contributed by atoms with Gasteiger partial charge in [-0.25, -0.2) is 4.39 Å². The summed E-state index contributed by atoms with van der Waals surface area (Å²) in [6.07, 6.45) is 3.08. The maximum atomic E-state index is 12.9. The van der Waals surface area contributed by atoms with Crippen LogP contribution in [0, 0.1) is 5.82 Å². The molecule has 0 radical (unpaired) electrons. The van der Waals surface area contributed by atoms with Crippen LogP contribution in [0.1, 0.15) is 15.9 Å². The lowest BCUT2D eigenvalue weighted by Crippen LogP contribution is -2.22. The van der Waals surface area contributed by atoms with Gasteiger partial charge in [0.1, 0.15) is 5.82 Å².